The van der Waals surface area contributed by atoms with Crippen molar-refractivity contribution >= 4 is 21.8 Å². The molecule has 0 saturated heterocycles. The largest absolute Gasteiger partial charge is 0.497 e. The number of ether oxygens (including phenoxy) is 1. The minimum Gasteiger partial charge on any atom is -0.497 e. The second-order valence-electron chi connectivity index (χ2n) is 4.48. The molecule has 2 N–H and O–H groups in total. The minimum atomic E-state index is 0.297. The highest BCUT2D eigenvalue weighted by Crippen LogP contribution is 2.40. The summed E-state index contributed by atoms with van der Waals surface area (Å²) in [5, 5.41) is 4.11. The molecule has 0 atom stereocenters. The zero-order valence-electron chi connectivity index (χ0n) is 11.3. The molecule has 0 aliphatic heterocycles. The van der Waals surface area contributed by atoms with Gasteiger partial charge >= 0.3 is 0 Å². The van der Waals surface area contributed by atoms with Crippen molar-refractivity contribution in [2.45, 2.75) is 0 Å². The molecule has 0 fully saturated rings. The van der Waals surface area contributed by atoms with E-state index in [4.69, 9.17) is 15.0 Å². The summed E-state index contributed by atoms with van der Waals surface area (Å²) in [6, 6.07) is 15.5. The Morgan fingerprint density at radius 3 is 2.62 bits per heavy atom. The van der Waals surface area contributed by atoms with Gasteiger partial charge in [0.25, 0.3) is 0 Å². The molecule has 0 amide bonds. The first kappa shape index (κ1) is 13.7. The summed E-state index contributed by atoms with van der Waals surface area (Å²) in [5.41, 5.74) is 9.25. The third kappa shape index (κ3) is 2.52. The van der Waals surface area contributed by atoms with Crippen molar-refractivity contribution in [1.29, 1.82) is 0 Å². The average Bonchev–Trinajstić information content (AvgIpc) is 2.90. The molecule has 0 aliphatic carbocycles. The lowest BCUT2D eigenvalue weighted by Crippen LogP contribution is -1.89. The second-order valence-corrected chi connectivity index (χ2v) is 5.34. The Bertz CT molecular complexity index is 769. The number of aromatic nitrogens is 1. The van der Waals surface area contributed by atoms with Crippen molar-refractivity contribution in [2.75, 3.05) is 12.8 Å². The van der Waals surface area contributed by atoms with E-state index in [2.05, 4.69) is 21.1 Å². The smallest absolute Gasteiger partial charge is 0.230 e. The van der Waals surface area contributed by atoms with Gasteiger partial charge in [0, 0.05) is 10.0 Å². The molecule has 4 nitrogen and oxygen atoms in total. The number of benzene rings is 2. The van der Waals surface area contributed by atoms with Crippen LogP contribution in [0, 0.1) is 0 Å². The molecule has 5 heteroatoms. The average molecular weight is 345 g/mol. The van der Waals surface area contributed by atoms with Crippen molar-refractivity contribution < 1.29 is 9.26 Å². The fourth-order valence-corrected chi connectivity index (χ4v) is 2.62. The quantitative estimate of drug-likeness (QED) is 0.766. The standard InChI is InChI=1S/C16H13BrN2O2/c1-20-11-7-8-13(17)12(9-11)15-14(16(18)21-19-15)10-5-3-2-4-6-10/h2-9H,18H2,1H3. The van der Waals surface area contributed by atoms with E-state index in [0.29, 0.717) is 11.6 Å². The van der Waals surface area contributed by atoms with Gasteiger partial charge in [-0.05, 0) is 23.8 Å². The van der Waals surface area contributed by atoms with Gasteiger partial charge in [-0.3, -0.25) is 0 Å². The lowest BCUT2D eigenvalue weighted by atomic mass is 10.0. The Morgan fingerprint density at radius 1 is 1.14 bits per heavy atom. The number of hydrogen-bond acceptors (Lipinski definition) is 4. The van der Waals surface area contributed by atoms with Crippen LogP contribution in [-0.4, -0.2) is 12.3 Å². The molecule has 21 heavy (non-hydrogen) atoms. The van der Waals surface area contributed by atoms with E-state index < -0.39 is 0 Å². The third-order valence-electron chi connectivity index (χ3n) is 3.21. The summed E-state index contributed by atoms with van der Waals surface area (Å²) in [7, 11) is 1.63. The lowest BCUT2D eigenvalue weighted by Gasteiger charge is -2.07. The number of nitrogens with zero attached hydrogens (tertiary/aromatic N) is 1. The summed E-state index contributed by atoms with van der Waals surface area (Å²) in [4.78, 5) is 0. The Balaban J connectivity index is 2.21. The van der Waals surface area contributed by atoms with Gasteiger partial charge in [-0.25, -0.2) is 0 Å². The zero-order valence-corrected chi connectivity index (χ0v) is 12.9. The molecule has 1 heterocycles. The summed E-state index contributed by atoms with van der Waals surface area (Å²) in [6.07, 6.45) is 0. The van der Waals surface area contributed by atoms with Gasteiger partial charge in [0.05, 0.1) is 12.7 Å². The minimum absolute atomic E-state index is 0.297. The summed E-state index contributed by atoms with van der Waals surface area (Å²) in [6.45, 7) is 0. The Labute approximate surface area is 130 Å². The van der Waals surface area contributed by atoms with Crippen LogP contribution in [0.15, 0.2) is 57.5 Å². The van der Waals surface area contributed by atoms with E-state index in [9.17, 15) is 0 Å². The van der Waals surface area contributed by atoms with Gasteiger partial charge in [0.15, 0.2) is 0 Å². The predicted molar refractivity (Wildman–Crippen MR) is 86.0 cm³/mol. The Kier molecular flexibility index (Phi) is 3.66. The summed E-state index contributed by atoms with van der Waals surface area (Å²) >= 11 is 3.53. The van der Waals surface area contributed by atoms with Gasteiger partial charge in [-0.2, -0.15) is 0 Å². The van der Waals surface area contributed by atoms with Crippen molar-refractivity contribution in [3.63, 3.8) is 0 Å². The van der Waals surface area contributed by atoms with Crippen LogP contribution >= 0.6 is 15.9 Å². The summed E-state index contributed by atoms with van der Waals surface area (Å²) in [5.74, 6) is 1.04. The molecule has 106 valence electrons. The number of halogens is 1. The summed E-state index contributed by atoms with van der Waals surface area (Å²) < 4.78 is 11.4. The highest BCUT2D eigenvalue weighted by molar-refractivity contribution is 9.10. The van der Waals surface area contributed by atoms with E-state index in [-0.39, 0.29) is 0 Å². The third-order valence-corrected chi connectivity index (χ3v) is 3.90. The maximum Gasteiger partial charge on any atom is 0.230 e. The first-order valence-corrected chi connectivity index (χ1v) is 7.14. The fourth-order valence-electron chi connectivity index (χ4n) is 2.18. The number of rotatable bonds is 3. The molecule has 3 rings (SSSR count). The normalized spacial score (nSPS) is 10.6. The number of nitrogen functional groups attached to an aromatic ring is 1. The van der Waals surface area contributed by atoms with Crippen molar-refractivity contribution in [1.82, 2.24) is 5.16 Å². The molecule has 0 radical (unpaired) electrons. The van der Waals surface area contributed by atoms with Gasteiger partial charge in [-0.1, -0.05) is 51.4 Å². The highest BCUT2D eigenvalue weighted by Gasteiger charge is 2.19. The maximum absolute atomic E-state index is 5.96. The lowest BCUT2D eigenvalue weighted by molar-refractivity contribution is 0.414. The van der Waals surface area contributed by atoms with E-state index >= 15 is 0 Å². The first-order valence-electron chi connectivity index (χ1n) is 6.35. The topological polar surface area (TPSA) is 61.3 Å². The molecule has 1 aromatic heterocycles. The van der Waals surface area contributed by atoms with Crippen molar-refractivity contribution in [3.05, 3.63) is 53.0 Å². The Morgan fingerprint density at radius 2 is 1.90 bits per heavy atom. The van der Waals surface area contributed by atoms with Crippen LogP contribution in [0.25, 0.3) is 22.4 Å². The van der Waals surface area contributed by atoms with Crippen LogP contribution in [0.2, 0.25) is 0 Å². The molecular weight excluding hydrogens is 332 g/mol. The number of nitrogens with two attached hydrogens (primary N) is 1. The maximum atomic E-state index is 5.96. The Hall–Kier alpha value is -2.27. The van der Waals surface area contributed by atoms with Crippen LogP contribution in [0.1, 0.15) is 0 Å². The fraction of sp³-hybridized carbons (Fsp3) is 0.0625. The molecule has 0 saturated carbocycles. The van der Waals surface area contributed by atoms with Crippen molar-refractivity contribution in [2.24, 2.45) is 0 Å². The monoisotopic (exact) mass is 344 g/mol. The van der Waals surface area contributed by atoms with Crippen molar-refractivity contribution in [3.8, 4) is 28.1 Å². The number of methoxy groups -OCH3 is 1. The van der Waals surface area contributed by atoms with E-state index in [1.165, 1.54) is 0 Å². The van der Waals surface area contributed by atoms with Gasteiger partial charge < -0.3 is 15.0 Å². The van der Waals surface area contributed by atoms with Crippen LogP contribution in [0.5, 0.6) is 5.75 Å². The molecule has 2 aromatic carbocycles. The van der Waals surface area contributed by atoms with Gasteiger partial charge in [-0.15, -0.1) is 0 Å². The van der Waals surface area contributed by atoms with Crippen LogP contribution in [0.4, 0.5) is 5.88 Å². The number of anilines is 1. The van der Waals surface area contributed by atoms with E-state index in [0.717, 1.165) is 26.9 Å². The molecule has 0 unspecified atom stereocenters. The SMILES string of the molecule is COc1ccc(Br)c(-c2noc(N)c2-c2ccccc2)c1. The van der Waals surface area contributed by atoms with Gasteiger partial charge in [0.2, 0.25) is 5.88 Å². The van der Waals surface area contributed by atoms with Crippen LogP contribution < -0.4 is 10.5 Å². The predicted octanol–water partition coefficient (Wildman–Crippen LogP) is 4.36. The highest BCUT2D eigenvalue weighted by atomic mass is 79.9. The molecular formula is C16H13BrN2O2. The second kappa shape index (κ2) is 5.61. The first-order chi connectivity index (χ1) is 10.2. The van der Waals surface area contributed by atoms with Gasteiger partial charge in [0.1, 0.15) is 11.4 Å². The van der Waals surface area contributed by atoms with Crippen LogP contribution in [-0.2, 0) is 0 Å². The number of hydrogen-bond donors (Lipinski definition) is 1. The van der Waals surface area contributed by atoms with E-state index in [1.807, 2.05) is 48.5 Å². The molecule has 3 aromatic rings. The molecule has 0 bridgehead atoms. The van der Waals surface area contributed by atoms with E-state index in [1.54, 1.807) is 7.11 Å². The zero-order chi connectivity index (χ0) is 14.8. The molecule has 0 spiro atoms. The molecule has 0 aliphatic rings. The van der Waals surface area contributed by atoms with Crippen LogP contribution in [0.3, 0.4) is 0 Å².